The van der Waals surface area contributed by atoms with Gasteiger partial charge in [-0.25, -0.2) is 0 Å². The molecule has 0 saturated heterocycles. The topological polar surface area (TPSA) is 38.9 Å². The van der Waals surface area contributed by atoms with Crippen LogP contribution in [0.4, 0.5) is 0 Å². The van der Waals surface area contributed by atoms with Gasteiger partial charge in [0.05, 0.1) is 22.1 Å². The fraction of sp³-hybridized carbons (Fsp3) is 0.286. The van der Waals surface area contributed by atoms with E-state index in [0.717, 1.165) is 30.5 Å². The number of hydrogen-bond acceptors (Lipinski definition) is 2. The van der Waals surface area contributed by atoms with Crippen LogP contribution < -0.4 is 5.73 Å². The molecule has 0 amide bonds. The first-order valence-electron chi connectivity index (χ1n) is 5.93. The van der Waals surface area contributed by atoms with Crippen LogP contribution in [0, 0.1) is 0 Å². The molecule has 1 aromatic carbocycles. The van der Waals surface area contributed by atoms with Crippen LogP contribution in [-0.2, 0) is 6.42 Å². The number of nitrogens with two attached hydrogens (primary N) is 1. The van der Waals surface area contributed by atoms with Crippen LogP contribution in [-0.4, -0.2) is 9.97 Å². The molecule has 3 heteroatoms. The molecule has 1 aromatic heterocycles. The second-order valence-electron chi connectivity index (χ2n) is 4.57. The number of fused-ring (bicyclic) bond motifs is 2. The average Bonchev–Trinajstić information content (AvgIpc) is 2.35. The van der Waals surface area contributed by atoms with E-state index < -0.39 is 0 Å². The fourth-order valence-corrected chi connectivity index (χ4v) is 2.82. The van der Waals surface area contributed by atoms with Crippen molar-refractivity contribution in [2.45, 2.75) is 25.2 Å². The molecule has 17 heavy (non-hydrogen) atoms. The third-order valence-corrected chi connectivity index (χ3v) is 3.73. The lowest BCUT2D eigenvalue weighted by molar-refractivity contribution is 0.637. The summed E-state index contributed by atoms with van der Waals surface area (Å²) < 4.78 is 0. The van der Waals surface area contributed by atoms with Gasteiger partial charge >= 0.3 is 0 Å². The monoisotopic (exact) mass is 242 g/mol. The van der Waals surface area contributed by atoms with Crippen LogP contribution in [0.25, 0.3) is 10.9 Å². The molecule has 0 radical (unpaired) electrons. The van der Waals surface area contributed by atoms with Gasteiger partial charge in [0.2, 0.25) is 0 Å². The van der Waals surface area contributed by atoms with E-state index >= 15 is 0 Å². The molecule has 1 aliphatic carbocycles. The molecule has 86 valence electrons. The van der Waals surface area contributed by atoms with Crippen LogP contribution in [0.5, 0.6) is 0 Å². The van der Waals surface area contributed by atoms with Gasteiger partial charge in [-0.15, -0.1) is 0 Å². The Kier molecular flexibility index (Phi) is 2.56. The first-order chi connectivity index (χ1) is 8.25. The van der Waals surface area contributed by atoms with Gasteiger partial charge in [-0.2, -0.15) is 0 Å². The molecule has 0 aliphatic heterocycles. The molecule has 1 atom stereocenters. The van der Waals surface area contributed by atoms with Gasteiger partial charge in [0.1, 0.15) is 0 Å². The Labute approximate surface area is 106 Å². The van der Waals surface area contributed by atoms with Gasteiger partial charge in [-0.1, -0.05) is 30.4 Å². The number of para-hydroxylation sites is 1. The lowest BCUT2D eigenvalue weighted by Gasteiger charge is -2.23. The van der Waals surface area contributed by atoms with Gasteiger partial charge in [-0.3, -0.25) is 4.98 Å². The lowest BCUT2D eigenvalue weighted by atomic mass is 9.86. The van der Waals surface area contributed by atoms with E-state index in [1.807, 2.05) is 18.2 Å². The molecule has 3 rings (SSSR count). The van der Waals surface area contributed by atoms with Crippen LogP contribution >= 0.6 is 12.2 Å². The van der Waals surface area contributed by atoms with E-state index in [2.05, 4.69) is 12.1 Å². The third kappa shape index (κ3) is 1.80. The first-order valence-corrected chi connectivity index (χ1v) is 6.34. The van der Waals surface area contributed by atoms with Crippen LogP contribution in [0.2, 0.25) is 0 Å². The molecular weight excluding hydrogens is 228 g/mol. The number of thiocarbonyl (C=S) groups is 1. The smallest absolute Gasteiger partial charge is 0.0819 e. The van der Waals surface area contributed by atoms with E-state index in [9.17, 15) is 0 Å². The molecule has 0 spiro atoms. The van der Waals surface area contributed by atoms with Crippen molar-refractivity contribution in [2.75, 3.05) is 0 Å². The van der Waals surface area contributed by atoms with Crippen LogP contribution in [0.15, 0.2) is 30.3 Å². The standard InChI is InChI=1S/C14H14N2S/c15-14(17)11-6-3-5-10-8-9-4-1-2-7-12(9)16-13(10)11/h1-2,4,7-8,11H,3,5-6H2,(H2,15,17). The lowest BCUT2D eigenvalue weighted by Crippen LogP contribution is -2.24. The second kappa shape index (κ2) is 4.08. The minimum absolute atomic E-state index is 0.165. The van der Waals surface area contributed by atoms with Crippen molar-refractivity contribution >= 4 is 28.1 Å². The zero-order chi connectivity index (χ0) is 11.8. The molecule has 2 N–H and O–H groups in total. The quantitative estimate of drug-likeness (QED) is 0.781. The summed E-state index contributed by atoms with van der Waals surface area (Å²) in [7, 11) is 0. The van der Waals surface area contributed by atoms with E-state index in [1.54, 1.807) is 0 Å². The maximum atomic E-state index is 5.82. The maximum Gasteiger partial charge on any atom is 0.0819 e. The van der Waals surface area contributed by atoms with E-state index in [0.29, 0.717) is 4.99 Å². The molecule has 1 unspecified atom stereocenters. The molecule has 0 fully saturated rings. The highest BCUT2D eigenvalue weighted by Gasteiger charge is 2.24. The number of rotatable bonds is 1. The second-order valence-corrected chi connectivity index (χ2v) is 5.04. The Hall–Kier alpha value is -1.48. The van der Waals surface area contributed by atoms with Crippen LogP contribution in [0.3, 0.4) is 0 Å². The molecule has 2 aromatic rings. The van der Waals surface area contributed by atoms with Crippen molar-refractivity contribution in [3.05, 3.63) is 41.6 Å². The highest BCUT2D eigenvalue weighted by atomic mass is 32.1. The van der Waals surface area contributed by atoms with Gasteiger partial charge in [-0.05, 0) is 37.0 Å². The normalized spacial score (nSPS) is 18.9. The van der Waals surface area contributed by atoms with Crippen molar-refractivity contribution < 1.29 is 0 Å². The summed E-state index contributed by atoms with van der Waals surface area (Å²) in [6.45, 7) is 0. The summed E-state index contributed by atoms with van der Waals surface area (Å²) in [4.78, 5) is 5.33. The Morgan fingerprint density at radius 2 is 2.18 bits per heavy atom. The Bertz CT molecular complexity index is 592. The molecule has 1 aliphatic rings. The number of nitrogens with zero attached hydrogens (tertiary/aromatic N) is 1. The van der Waals surface area contributed by atoms with Crippen molar-refractivity contribution in [2.24, 2.45) is 5.73 Å². The molecule has 2 nitrogen and oxygen atoms in total. The Morgan fingerprint density at radius 3 is 3.00 bits per heavy atom. The Morgan fingerprint density at radius 1 is 1.35 bits per heavy atom. The molecule has 0 saturated carbocycles. The minimum atomic E-state index is 0.165. The predicted octanol–water partition coefficient (Wildman–Crippen LogP) is 2.94. The summed E-state index contributed by atoms with van der Waals surface area (Å²) in [5.74, 6) is 0.165. The summed E-state index contributed by atoms with van der Waals surface area (Å²) in [5, 5.41) is 1.20. The zero-order valence-corrected chi connectivity index (χ0v) is 10.3. The van der Waals surface area contributed by atoms with Crippen molar-refractivity contribution in [3.63, 3.8) is 0 Å². The molecular formula is C14H14N2S. The van der Waals surface area contributed by atoms with E-state index in [-0.39, 0.29) is 5.92 Å². The number of benzene rings is 1. The van der Waals surface area contributed by atoms with Crippen molar-refractivity contribution in [3.8, 4) is 0 Å². The Balaban J connectivity index is 2.22. The number of hydrogen-bond donors (Lipinski definition) is 1. The van der Waals surface area contributed by atoms with Crippen molar-refractivity contribution in [1.82, 2.24) is 4.98 Å². The summed E-state index contributed by atoms with van der Waals surface area (Å²) in [5.41, 5.74) is 9.27. The van der Waals surface area contributed by atoms with Gasteiger partial charge in [0.25, 0.3) is 0 Å². The van der Waals surface area contributed by atoms with Gasteiger partial charge in [0, 0.05) is 5.39 Å². The number of aryl methyl sites for hydroxylation is 1. The first kappa shape index (κ1) is 10.7. The summed E-state index contributed by atoms with van der Waals surface area (Å²) in [6.07, 6.45) is 3.27. The zero-order valence-electron chi connectivity index (χ0n) is 9.52. The summed E-state index contributed by atoms with van der Waals surface area (Å²) >= 11 is 5.15. The maximum absolute atomic E-state index is 5.82. The van der Waals surface area contributed by atoms with Gasteiger partial charge < -0.3 is 5.73 Å². The largest absolute Gasteiger partial charge is 0.393 e. The van der Waals surface area contributed by atoms with E-state index in [1.165, 1.54) is 10.9 Å². The molecule has 1 heterocycles. The average molecular weight is 242 g/mol. The summed E-state index contributed by atoms with van der Waals surface area (Å²) in [6, 6.07) is 10.4. The highest BCUT2D eigenvalue weighted by molar-refractivity contribution is 7.80. The van der Waals surface area contributed by atoms with Gasteiger partial charge in [0.15, 0.2) is 0 Å². The highest BCUT2D eigenvalue weighted by Crippen LogP contribution is 2.32. The van der Waals surface area contributed by atoms with E-state index in [4.69, 9.17) is 22.9 Å². The SMILES string of the molecule is NC(=S)C1CCCc2cc3ccccc3nc21. The minimum Gasteiger partial charge on any atom is -0.393 e. The number of pyridine rings is 1. The number of aromatic nitrogens is 1. The predicted molar refractivity (Wildman–Crippen MR) is 74.2 cm³/mol. The van der Waals surface area contributed by atoms with Crippen LogP contribution in [0.1, 0.15) is 30.0 Å². The van der Waals surface area contributed by atoms with Crippen molar-refractivity contribution in [1.29, 1.82) is 0 Å². The molecule has 0 bridgehead atoms. The third-order valence-electron chi connectivity index (χ3n) is 3.45. The fourth-order valence-electron chi connectivity index (χ4n) is 2.59.